The van der Waals surface area contributed by atoms with Crippen LogP contribution in [0.2, 0.25) is 0 Å². The fourth-order valence-corrected chi connectivity index (χ4v) is 3.20. The van der Waals surface area contributed by atoms with Crippen LogP contribution in [0, 0.1) is 5.82 Å². The van der Waals surface area contributed by atoms with E-state index in [1.165, 1.54) is 18.5 Å². The van der Waals surface area contributed by atoms with Crippen molar-refractivity contribution in [3.8, 4) is 5.69 Å². The molecule has 3 heterocycles. The fourth-order valence-electron chi connectivity index (χ4n) is 3.20. The van der Waals surface area contributed by atoms with E-state index in [4.69, 9.17) is 0 Å². The zero-order valence-electron chi connectivity index (χ0n) is 14.8. The summed E-state index contributed by atoms with van der Waals surface area (Å²) in [7, 11) is 0. The first-order valence-electron chi connectivity index (χ1n) is 8.90. The zero-order valence-corrected chi connectivity index (χ0v) is 14.8. The van der Waals surface area contributed by atoms with Gasteiger partial charge in [0.2, 0.25) is 0 Å². The second-order valence-electron chi connectivity index (χ2n) is 6.37. The molecule has 0 spiro atoms. The molecule has 8 heteroatoms. The molecule has 5 aromatic rings. The number of anilines is 1. The molecule has 138 valence electrons. The average Bonchev–Trinajstić information content (AvgIpc) is 3.32. The molecule has 0 amide bonds. The minimum atomic E-state index is -0.278. The minimum Gasteiger partial charge on any atom is -0.369 e. The Hall–Kier alpha value is -3.81. The lowest BCUT2D eigenvalue weighted by Crippen LogP contribution is -2.08. The number of imidazole rings is 1. The summed E-state index contributed by atoms with van der Waals surface area (Å²) in [5.41, 5.74) is 3.13. The number of fused-ring (bicyclic) bond motifs is 2. The minimum absolute atomic E-state index is 0.278. The Kier molecular flexibility index (Phi) is 3.93. The van der Waals surface area contributed by atoms with Crippen LogP contribution in [0.25, 0.3) is 27.8 Å². The molecule has 0 saturated heterocycles. The number of nitrogens with zero attached hydrogens (tertiary/aromatic N) is 5. The molecule has 28 heavy (non-hydrogen) atoms. The lowest BCUT2D eigenvalue weighted by atomic mass is 10.3. The number of aromatic nitrogens is 6. The van der Waals surface area contributed by atoms with Crippen molar-refractivity contribution >= 4 is 27.9 Å². The predicted molar refractivity (Wildman–Crippen MR) is 105 cm³/mol. The number of H-pyrrole nitrogens is 1. The number of para-hydroxylation sites is 1. The highest BCUT2D eigenvalue weighted by Crippen LogP contribution is 2.21. The van der Waals surface area contributed by atoms with Crippen LogP contribution in [0.1, 0.15) is 5.82 Å². The van der Waals surface area contributed by atoms with Crippen LogP contribution in [-0.4, -0.2) is 36.3 Å². The van der Waals surface area contributed by atoms with Gasteiger partial charge in [-0.15, -0.1) is 0 Å². The number of hydrogen-bond donors (Lipinski definition) is 2. The molecule has 2 aromatic carbocycles. The zero-order chi connectivity index (χ0) is 18.9. The molecular weight excluding hydrogens is 357 g/mol. The number of hydrogen-bond acceptors (Lipinski definition) is 5. The summed E-state index contributed by atoms with van der Waals surface area (Å²) in [6.07, 6.45) is 3.93. The molecule has 0 saturated carbocycles. The van der Waals surface area contributed by atoms with E-state index < -0.39 is 0 Å². The third-order valence-electron chi connectivity index (χ3n) is 4.51. The van der Waals surface area contributed by atoms with Crippen molar-refractivity contribution in [2.45, 2.75) is 6.42 Å². The molecule has 0 aliphatic heterocycles. The lowest BCUT2D eigenvalue weighted by Gasteiger charge is -2.06. The van der Waals surface area contributed by atoms with Crippen molar-refractivity contribution in [3.05, 3.63) is 72.7 Å². The Balaban J connectivity index is 1.36. The van der Waals surface area contributed by atoms with Gasteiger partial charge in [0, 0.05) is 13.0 Å². The highest BCUT2D eigenvalue weighted by Gasteiger charge is 2.11. The Morgan fingerprint density at radius 2 is 1.96 bits per heavy atom. The number of aromatic amines is 1. The fraction of sp³-hybridized carbons (Fsp3) is 0.100. The summed E-state index contributed by atoms with van der Waals surface area (Å²) in [6, 6.07) is 14.4. The van der Waals surface area contributed by atoms with E-state index in [9.17, 15) is 4.39 Å². The van der Waals surface area contributed by atoms with E-state index in [2.05, 4.69) is 30.4 Å². The van der Waals surface area contributed by atoms with Gasteiger partial charge in [0.25, 0.3) is 0 Å². The summed E-state index contributed by atoms with van der Waals surface area (Å²) < 4.78 is 15.1. The van der Waals surface area contributed by atoms with Crippen LogP contribution in [-0.2, 0) is 6.42 Å². The first-order valence-corrected chi connectivity index (χ1v) is 8.90. The first-order chi connectivity index (χ1) is 13.8. The topological polar surface area (TPSA) is 84.3 Å². The van der Waals surface area contributed by atoms with Crippen molar-refractivity contribution in [1.29, 1.82) is 0 Å². The maximum absolute atomic E-state index is 13.3. The highest BCUT2D eigenvalue weighted by atomic mass is 19.1. The van der Waals surface area contributed by atoms with Gasteiger partial charge >= 0.3 is 0 Å². The number of nitrogens with one attached hydrogen (secondary N) is 2. The van der Waals surface area contributed by atoms with Crippen LogP contribution < -0.4 is 5.32 Å². The van der Waals surface area contributed by atoms with Crippen molar-refractivity contribution in [2.24, 2.45) is 0 Å². The first kappa shape index (κ1) is 16.4. The maximum Gasteiger partial charge on any atom is 0.168 e. The highest BCUT2D eigenvalue weighted by molar-refractivity contribution is 5.87. The molecule has 5 rings (SSSR count). The lowest BCUT2D eigenvalue weighted by molar-refractivity contribution is 0.629. The van der Waals surface area contributed by atoms with E-state index in [0.29, 0.717) is 24.3 Å². The molecule has 3 aromatic heterocycles. The van der Waals surface area contributed by atoms with Crippen LogP contribution >= 0.6 is 0 Å². The van der Waals surface area contributed by atoms with Gasteiger partial charge in [0.05, 0.1) is 28.3 Å². The average molecular weight is 373 g/mol. The Bertz CT molecular complexity index is 1260. The third-order valence-corrected chi connectivity index (χ3v) is 4.51. The molecular formula is C20H16FN7. The summed E-state index contributed by atoms with van der Waals surface area (Å²) in [6.45, 7) is 0.616. The molecule has 0 aliphatic carbocycles. The van der Waals surface area contributed by atoms with Crippen LogP contribution in [0.3, 0.4) is 0 Å². The van der Waals surface area contributed by atoms with Crippen molar-refractivity contribution < 1.29 is 4.39 Å². The normalized spacial score (nSPS) is 11.3. The quantitative estimate of drug-likeness (QED) is 0.493. The Labute approximate surface area is 159 Å². The van der Waals surface area contributed by atoms with E-state index in [0.717, 1.165) is 28.1 Å². The van der Waals surface area contributed by atoms with E-state index in [1.807, 2.05) is 30.3 Å². The van der Waals surface area contributed by atoms with Crippen molar-refractivity contribution in [3.63, 3.8) is 0 Å². The predicted octanol–water partition coefficient (Wildman–Crippen LogP) is 3.49. The third kappa shape index (κ3) is 2.94. The van der Waals surface area contributed by atoms with Gasteiger partial charge in [0.15, 0.2) is 5.65 Å². The molecule has 0 radical (unpaired) electrons. The van der Waals surface area contributed by atoms with Gasteiger partial charge in [-0.2, -0.15) is 5.10 Å². The smallest absolute Gasteiger partial charge is 0.168 e. The maximum atomic E-state index is 13.3. The standard InChI is InChI=1S/C20H16FN7/c21-13-6-7-16-17(10-13)27-18(26-16)8-9-22-19-15-11-25-28(20(15)24-12-23-19)14-4-2-1-3-5-14/h1-7,10-12H,8-9H2,(H,26,27)(H,22,23,24). The van der Waals surface area contributed by atoms with Gasteiger partial charge in [-0.25, -0.2) is 24.0 Å². The molecule has 0 unspecified atom stereocenters. The molecule has 0 aliphatic rings. The van der Waals surface area contributed by atoms with Gasteiger partial charge in [0.1, 0.15) is 23.8 Å². The Morgan fingerprint density at radius 3 is 2.86 bits per heavy atom. The van der Waals surface area contributed by atoms with E-state index >= 15 is 0 Å². The SMILES string of the molecule is Fc1ccc2nc(CCNc3ncnc4c3cnn4-c3ccccc3)[nH]c2c1. The Morgan fingerprint density at radius 1 is 1.07 bits per heavy atom. The van der Waals surface area contributed by atoms with Gasteiger partial charge in [-0.1, -0.05) is 18.2 Å². The summed E-state index contributed by atoms with van der Waals surface area (Å²) in [5, 5.41) is 8.61. The number of benzene rings is 2. The van der Waals surface area contributed by atoms with E-state index in [1.54, 1.807) is 16.9 Å². The monoisotopic (exact) mass is 373 g/mol. The second kappa shape index (κ2) is 6.73. The number of rotatable bonds is 5. The van der Waals surface area contributed by atoms with E-state index in [-0.39, 0.29) is 5.82 Å². The van der Waals surface area contributed by atoms with Crippen molar-refractivity contribution in [2.75, 3.05) is 11.9 Å². The van der Waals surface area contributed by atoms with Crippen LogP contribution in [0.4, 0.5) is 10.2 Å². The second-order valence-corrected chi connectivity index (χ2v) is 6.37. The molecule has 2 N–H and O–H groups in total. The molecule has 0 bridgehead atoms. The molecule has 7 nitrogen and oxygen atoms in total. The van der Waals surface area contributed by atoms with Gasteiger partial charge < -0.3 is 10.3 Å². The van der Waals surface area contributed by atoms with Gasteiger partial charge in [-0.05, 0) is 30.3 Å². The molecule has 0 fully saturated rings. The number of halogens is 1. The molecule has 0 atom stereocenters. The largest absolute Gasteiger partial charge is 0.369 e. The summed E-state index contributed by atoms with van der Waals surface area (Å²) >= 11 is 0. The van der Waals surface area contributed by atoms with Crippen molar-refractivity contribution in [1.82, 2.24) is 29.7 Å². The van der Waals surface area contributed by atoms with Crippen LogP contribution in [0.15, 0.2) is 61.1 Å². The summed E-state index contributed by atoms with van der Waals surface area (Å²) in [5.74, 6) is 1.23. The van der Waals surface area contributed by atoms with Gasteiger partial charge in [-0.3, -0.25) is 0 Å². The van der Waals surface area contributed by atoms with Crippen LogP contribution in [0.5, 0.6) is 0 Å². The summed E-state index contributed by atoms with van der Waals surface area (Å²) in [4.78, 5) is 16.3.